The molecule has 2 aromatic carbocycles. The second-order valence-corrected chi connectivity index (χ2v) is 5.23. The molecule has 0 radical (unpaired) electrons. The second kappa shape index (κ2) is 8.50. The Labute approximate surface area is 135 Å². The Bertz CT molecular complexity index is 630. The van der Waals surface area contributed by atoms with E-state index in [1.807, 2.05) is 19.1 Å². The number of hydrogen-bond acceptors (Lipinski definition) is 4. The van der Waals surface area contributed by atoms with E-state index in [1.54, 1.807) is 31.4 Å². The third kappa shape index (κ3) is 5.23. The van der Waals surface area contributed by atoms with Gasteiger partial charge in [0.2, 0.25) is 0 Å². The first-order valence-corrected chi connectivity index (χ1v) is 7.37. The largest absolute Gasteiger partial charge is 0.493 e. The van der Waals surface area contributed by atoms with Crippen molar-refractivity contribution in [2.24, 2.45) is 0 Å². The highest BCUT2D eigenvalue weighted by Crippen LogP contribution is 2.27. The molecule has 0 fully saturated rings. The summed E-state index contributed by atoms with van der Waals surface area (Å²) in [6.45, 7) is 2.19. The summed E-state index contributed by atoms with van der Waals surface area (Å²) in [6, 6.07) is 11.9. The van der Waals surface area contributed by atoms with Gasteiger partial charge in [0.05, 0.1) is 20.3 Å². The number of halogens is 1. The third-order valence-corrected chi connectivity index (χ3v) is 3.28. The van der Waals surface area contributed by atoms with E-state index in [-0.39, 0.29) is 25.6 Å². The first-order valence-electron chi connectivity index (χ1n) is 7.37. The Balaban J connectivity index is 1.77. The van der Waals surface area contributed by atoms with Gasteiger partial charge in [0, 0.05) is 5.56 Å². The van der Waals surface area contributed by atoms with Crippen molar-refractivity contribution in [2.45, 2.75) is 19.6 Å². The highest BCUT2D eigenvalue weighted by atomic mass is 19.1. The number of aliphatic hydroxyl groups excluding tert-OH is 1. The van der Waals surface area contributed by atoms with Gasteiger partial charge in [-0.15, -0.1) is 0 Å². The topological polar surface area (TPSA) is 47.9 Å². The fourth-order valence-electron chi connectivity index (χ4n) is 2.05. The van der Waals surface area contributed by atoms with Gasteiger partial charge in [-0.2, -0.15) is 0 Å². The lowest BCUT2D eigenvalue weighted by molar-refractivity contribution is 0.00436. The van der Waals surface area contributed by atoms with Crippen molar-refractivity contribution in [1.29, 1.82) is 0 Å². The lowest BCUT2D eigenvalue weighted by atomic mass is 10.2. The van der Waals surface area contributed by atoms with E-state index in [0.29, 0.717) is 17.1 Å². The van der Waals surface area contributed by atoms with Crippen molar-refractivity contribution >= 4 is 0 Å². The van der Waals surface area contributed by atoms with Crippen LogP contribution in [-0.2, 0) is 11.3 Å². The lowest BCUT2D eigenvalue weighted by Crippen LogP contribution is -2.23. The van der Waals surface area contributed by atoms with Crippen molar-refractivity contribution in [3.63, 3.8) is 0 Å². The van der Waals surface area contributed by atoms with Crippen molar-refractivity contribution in [3.05, 3.63) is 59.4 Å². The monoisotopic (exact) mass is 320 g/mol. The molecule has 124 valence electrons. The van der Waals surface area contributed by atoms with E-state index < -0.39 is 6.10 Å². The summed E-state index contributed by atoms with van der Waals surface area (Å²) in [6.07, 6.45) is -0.812. The minimum absolute atomic E-state index is 0.0580. The number of methoxy groups -OCH3 is 1. The zero-order chi connectivity index (χ0) is 16.7. The summed E-state index contributed by atoms with van der Waals surface area (Å²) < 4.78 is 29.5. The second-order valence-electron chi connectivity index (χ2n) is 5.23. The molecule has 0 saturated carbocycles. The van der Waals surface area contributed by atoms with Crippen LogP contribution in [0.15, 0.2) is 42.5 Å². The first-order chi connectivity index (χ1) is 11.1. The summed E-state index contributed by atoms with van der Waals surface area (Å²) in [5.41, 5.74) is 1.52. The third-order valence-electron chi connectivity index (χ3n) is 3.28. The Hall–Kier alpha value is -2.11. The molecule has 1 unspecified atom stereocenters. The predicted octanol–water partition coefficient (Wildman–Crippen LogP) is 3.10. The van der Waals surface area contributed by atoms with Crippen LogP contribution in [-0.4, -0.2) is 31.5 Å². The van der Waals surface area contributed by atoms with Gasteiger partial charge in [0.1, 0.15) is 18.5 Å². The number of rotatable bonds is 8. The zero-order valence-corrected chi connectivity index (χ0v) is 13.3. The molecule has 0 bridgehead atoms. The van der Waals surface area contributed by atoms with Crippen LogP contribution in [0.3, 0.4) is 0 Å². The molecule has 5 heteroatoms. The average Bonchev–Trinajstić information content (AvgIpc) is 2.55. The number of ether oxygens (including phenoxy) is 3. The van der Waals surface area contributed by atoms with Crippen LogP contribution in [0, 0.1) is 12.7 Å². The van der Waals surface area contributed by atoms with E-state index in [4.69, 9.17) is 14.2 Å². The van der Waals surface area contributed by atoms with E-state index in [0.717, 1.165) is 5.56 Å². The van der Waals surface area contributed by atoms with Gasteiger partial charge in [-0.25, -0.2) is 4.39 Å². The fraction of sp³-hybridized carbons (Fsp3) is 0.333. The van der Waals surface area contributed by atoms with E-state index >= 15 is 0 Å². The van der Waals surface area contributed by atoms with Crippen LogP contribution in [0.5, 0.6) is 11.5 Å². The van der Waals surface area contributed by atoms with Crippen molar-refractivity contribution in [2.75, 3.05) is 20.3 Å². The normalized spacial score (nSPS) is 12.0. The van der Waals surface area contributed by atoms with Gasteiger partial charge < -0.3 is 19.3 Å². The van der Waals surface area contributed by atoms with E-state index in [2.05, 4.69) is 0 Å². The molecule has 1 atom stereocenters. The molecule has 0 aromatic heterocycles. The average molecular weight is 320 g/mol. The maximum absolute atomic E-state index is 13.4. The van der Waals surface area contributed by atoms with Gasteiger partial charge in [-0.1, -0.05) is 24.3 Å². The molecule has 0 heterocycles. The van der Waals surface area contributed by atoms with Gasteiger partial charge in [0.25, 0.3) is 0 Å². The maximum atomic E-state index is 13.4. The molecule has 0 aliphatic heterocycles. The van der Waals surface area contributed by atoms with Crippen molar-refractivity contribution < 1.29 is 23.7 Å². The van der Waals surface area contributed by atoms with Gasteiger partial charge in [-0.3, -0.25) is 0 Å². The number of aryl methyl sites for hydroxylation is 1. The summed E-state index contributed by atoms with van der Waals surface area (Å²) in [5, 5.41) is 9.89. The summed E-state index contributed by atoms with van der Waals surface area (Å²) >= 11 is 0. The number of aliphatic hydroxyl groups is 1. The molecule has 0 aliphatic carbocycles. The maximum Gasteiger partial charge on any atom is 0.161 e. The molecule has 0 amide bonds. The minimum atomic E-state index is -0.812. The highest BCUT2D eigenvalue weighted by molar-refractivity contribution is 5.42. The Morgan fingerprint density at radius 2 is 1.87 bits per heavy atom. The van der Waals surface area contributed by atoms with Crippen molar-refractivity contribution in [1.82, 2.24) is 0 Å². The standard InChI is InChI=1S/C18H21FO4/c1-13-7-8-17(18(9-13)21-2)23-12-15(20)11-22-10-14-5-3-4-6-16(14)19/h3-9,15,20H,10-12H2,1-2H3. The lowest BCUT2D eigenvalue weighted by Gasteiger charge is -2.15. The van der Waals surface area contributed by atoms with Crippen LogP contribution in [0.25, 0.3) is 0 Å². The number of benzene rings is 2. The molecule has 23 heavy (non-hydrogen) atoms. The van der Waals surface area contributed by atoms with E-state index in [1.165, 1.54) is 6.07 Å². The van der Waals surface area contributed by atoms with Crippen molar-refractivity contribution in [3.8, 4) is 11.5 Å². The minimum Gasteiger partial charge on any atom is -0.493 e. The molecule has 0 saturated heterocycles. The summed E-state index contributed by atoms with van der Waals surface area (Å²) in [7, 11) is 1.57. The number of hydrogen-bond donors (Lipinski definition) is 1. The molecule has 0 aliphatic rings. The van der Waals surface area contributed by atoms with Crippen LogP contribution in [0.4, 0.5) is 4.39 Å². The molecular formula is C18H21FO4. The quantitative estimate of drug-likeness (QED) is 0.812. The molecule has 4 nitrogen and oxygen atoms in total. The van der Waals surface area contributed by atoms with Crippen LogP contribution >= 0.6 is 0 Å². The summed E-state index contributed by atoms with van der Waals surface area (Å²) in [5.74, 6) is 0.860. The van der Waals surface area contributed by atoms with Crippen LogP contribution in [0.2, 0.25) is 0 Å². The fourth-order valence-corrected chi connectivity index (χ4v) is 2.05. The van der Waals surface area contributed by atoms with Crippen LogP contribution in [0.1, 0.15) is 11.1 Å². The highest BCUT2D eigenvalue weighted by Gasteiger charge is 2.10. The van der Waals surface area contributed by atoms with Gasteiger partial charge in [0.15, 0.2) is 11.5 Å². The molecule has 1 N–H and O–H groups in total. The van der Waals surface area contributed by atoms with Gasteiger partial charge in [-0.05, 0) is 30.7 Å². The first kappa shape index (κ1) is 17.2. The SMILES string of the molecule is COc1cc(C)ccc1OCC(O)COCc1ccccc1F. The zero-order valence-electron chi connectivity index (χ0n) is 13.3. The molecule has 2 rings (SSSR count). The Morgan fingerprint density at radius 3 is 2.61 bits per heavy atom. The smallest absolute Gasteiger partial charge is 0.161 e. The molecule has 0 spiro atoms. The predicted molar refractivity (Wildman–Crippen MR) is 85.3 cm³/mol. The van der Waals surface area contributed by atoms with E-state index in [9.17, 15) is 9.50 Å². The van der Waals surface area contributed by atoms with Crippen LogP contribution < -0.4 is 9.47 Å². The molecular weight excluding hydrogens is 299 g/mol. The molecule has 2 aromatic rings. The Kier molecular flexibility index (Phi) is 6.38. The Morgan fingerprint density at radius 1 is 1.09 bits per heavy atom. The summed E-state index contributed by atoms with van der Waals surface area (Å²) in [4.78, 5) is 0. The van der Waals surface area contributed by atoms with Gasteiger partial charge >= 0.3 is 0 Å².